The highest BCUT2D eigenvalue weighted by Crippen LogP contribution is 2.44. The zero-order valence-corrected chi connectivity index (χ0v) is 23.1. The van der Waals surface area contributed by atoms with Gasteiger partial charge in [-0.1, -0.05) is 41.9 Å². The normalized spacial score (nSPS) is 18.2. The zero-order valence-electron chi connectivity index (χ0n) is 21.5. The Morgan fingerprint density at radius 2 is 1.85 bits per heavy atom. The molecular weight excluding hydrogens is 536 g/mol. The maximum Gasteiger partial charge on any atom is 0.262 e. The minimum Gasteiger partial charge on any atom is -0.316 e. The van der Waals surface area contributed by atoms with Crippen LogP contribution < -0.4 is 5.56 Å². The van der Waals surface area contributed by atoms with Crippen molar-refractivity contribution in [3.05, 3.63) is 106 Å². The van der Waals surface area contributed by atoms with E-state index in [0.29, 0.717) is 24.4 Å². The lowest BCUT2D eigenvalue weighted by Crippen LogP contribution is -2.36. The first-order chi connectivity index (χ1) is 18.7. The molecule has 2 aromatic carbocycles. The molecule has 0 aliphatic carbocycles. The second-order valence-corrected chi connectivity index (χ2v) is 12.4. The van der Waals surface area contributed by atoms with Crippen molar-refractivity contribution >= 4 is 32.5 Å². The molecule has 0 saturated carbocycles. The maximum atomic E-state index is 13.5. The van der Waals surface area contributed by atoms with Crippen molar-refractivity contribution in [3.63, 3.8) is 0 Å². The Hall–Kier alpha value is -3.73. The SMILES string of the molecule is Cn1ccc(S(=O)(=O)N2CCC(Cc3ccccc3)(c3cc4cnn(-c5ccc(=O)n(C)c5)c4cc3Cl)C2)n1. The monoisotopic (exact) mass is 562 g/mol. The average Bonchev–Trinajstić information content (AvgIpc) is 3.65. The Balaban J connectivity index is 1.45. The van der Waals surface area contributed by atoms with Crippen molar-refractivity contribution in [2.24, 2.45) is 14.1 Å². The van der Waals surface area contributed by atoms with Crippen molar-refractivity contribution in [3.8, 4) is 5.69 Å². The molecule has 6 rings (SSSR count). The summed E-state index contributed by atoms with van der Waals surface area (Å²) in [4.78, 5) is 11.9. The second-order valence-electron chi connectivity index (χ2n) is 10.1. The molecule has 1 unspecified atom stereocenters. The maximum absolute atomic E-state index is 13.5. The molecule has 1 atom stereocenters. The molecule has 0 amide bonds. The van der Waals surface area contributed by atoms with Crippen molar-refractivity contribution < 1.29 is 8.42 Å². The van der Waals surface area contributed by atoms with Gasteiger partial charge in [-0.15, -0.1) is 0 Å². The largest absolute Gasteiger partial charge is 0.316 e. The van der Waals surface area contributed by atoms with E-state index in [-0.39, 0.29) is 17.1 Å². The van der Waals surface area contributed by atoms with Crippen LogP contribution in [0.4, 0.5) is 0 Å². The van der Waals surface area contributed by atoms with Gasteiger partial charge in [0.15, 0.2) is 5.03 Å². The lowest BCUT2D eigenvalue weighted by Gasteiger charge is -2.31. The highest BCUT2D eigenvalue weighted by atomic mass is 35.5. The third-order valence-corrected chi connectivity index (χ3v) is 9.59. The molecule has 1 fully saturated rings. The number of sulfonamides is 1. The van der Waals surface area contributed by atoms with E-state index in [0.717, 1.165) is 27.7 Å². The van der Waals surface area contributed by atoms with Gasteiger partial charge in [0.1, 0.15) is 0 Å². The number of nitrogens with zero attached hydrogens (tertiary/aromatic N) is 6. The van der Waals surface area contributed by atoms with Gasteiger partial charge in [-0.2, -0.15) is 14.5 Å². The molecule has 200 valence electrons. The van der Waals surface area contributed by atoms with Gasteiger partial charge >= 0.3 is 0 Å². The van der Waals surface area contributed by atoms with Crippen LogP contribution in [0.15, 0.2) is 89.1 Å². The summed E-state index contributed by atoms with van der Waals surface area (Å²) in [6.07, 6.45) is 6.36. The van der Waals surface area contributed by atoms with Crippen LogP contribution in [0.5, 0.6) is 0 Å². The minimum atomic E-state index is -3.77. The van der Waals surface area contributed by atoms with Crippen LogP contribution in [0.25, 0.3) is 16.6 Å². The number of pyridine rings is 1. The quantitative estimate of drug-likeness (QED) is 0.315. The van der Waals surface area contributed by atoms with Gasteiger partial charge in [0, 0.05) is 61.5 Å². The lowest BCUT2D eigenvalue weighted by molar-refractivity contribution is 0.413. The van der Waals surface area contributed by atoms with Gasteiger partial charge in [-0.05, 0) is 48.2 Å². The molecule has 4 heterocycles. The van der Waals surface area contributed by atoms with Crippen LogP contribution in [-0.2, 0) is 36.0 Å². The molecule has 39 heavy (non-hydrogen) atoms. The Kier molecular flexibility index (Phi) is 6.21. The van der Waals surface area contributed by atoms with Crippen molar-refractivity contribution in [1.29, 1.82) is 0 Å². The molecule has 5 aromatic rings. The number of halogens is 1. The third kappa shape index (κ3) is 4.48. The fraction of sp³-hybridized carbons (Fsp3) is 0.250. The van der Waals surface area contributed by atoms with Gasteiger partial charge in [0.05, 0.1) is 17.4 Å². The molecular formula is C28H27ClN6O3S. The van der Waals surface area contributed by atoms with E-state index >= 15 is 0 Å². The zero-order chi connectivity index (χ0) is 27.4. The fourth-order valence-corrected chi connectivity index (χ4v) is 7.35. The van der Waals surface area contributed by atoms with E-state index in [9.17, 15) is 13.2 Å². The van der Waals surface area contributed by atoms with E-state index in [2.05, 4.69) is 22.3 Å². The van der Waals surface area contributed by atoms with E-state index in [4.69, 9.17) is 11.6 Å². The van der Waals surface area contributed by atoms with E-state index in [1.54, 1.807) is 43.4 Å². The number of fused-ring (bicyclic) bond motifs is 1. The molecule has 1 saturated heterocycles. The van der Waals surface area contributed by atoms with Gasteiger partial charge in [0.2, 0.25) is 5.56 Å². The molecule has 0 N–H and O–H groups in total. The minimum absolute atomic E-state index is 0.0422. The Labute approximate surface area is 230 Å². The predicted octanol–water partition coefficient (Wildman–Crippen LogP) is 3.69. The van der Waals surface area contributed by atoms with Crippen molar-refractivity contribution in [1.82, 2.24) is 28.4 Å². The van der Waals surface area contributed by atoms with Crippen LogP contribution >= 0.6 is 11.6 Å². The number of aromatic nitrogens is 5. The van der Waals surface area contributed by atoms with Crippen LogP contribution in [-0.4, -0.2) is 49.9 Å². The summed E-state index contributed by atoms with van der Waals surface area (Å²) >= 11 is 7.01. The van der Waals surface area contributed by atoms with Gasteiger partial charge in [-0.25, -0.2) is 13.1 Å². The molecule has 3 aromatic heterocycles. The number of hydrogen-bond acceptors (Lipinski definition) is 5. The average molecular weight is 563 g/mol. The van der Waals surface area contributed by atoms with Crippen LogP contribution in [0, 0.1) is 0 Å². The Bertz CT molecular complexity index is 1860. The number of benzene rings is 2. The molecule has 0 spiro atoms. The molecule has 11 heteroatoms. The third-order valence-electron chi connectivity index (χ3n) is 7.54. The topological polar surface area (TPSA) is 95.0 Å². The van der Waals surface area contributed by atoms with Crippen molar-refractivity contribution in [2.45, 2.75) is 23.3 Å². The number of aryl methyl sites for hydroxylation is 2. The van der Waals surface area contributed by atoms with E-state index < -0.39 is 15.4 Å². The van der Waals surface area contributed by atoms with E-state index in [1.807, 2.05) is 30.3 Å². The first-order valence-corrected chi connectivity index (χ1v) is 14.4. The van der Waals surface area contributed by atoms with Gasteiger partial charge in [0.25, 0.3) is 10.0 Å². The number of rotatable bonds is 6. The molecule has 0 radical (unpaired) electrons. The fourth-order valence-electron chi connectivity index (χ4n) is 5.51. The van der Waals surface area contributed by atoms with E-state index in [1.165, 1.54) is 25.7 Å². The molecule has 9 nitrogen and oxygen atoms in total. The summed E-state index contributed by atoms with van der Waals surface area (Å²) < 4.78 is 33.3. The summed E-state index contributed by atoms with van der Waals surface area (Å²) in [5.41, 5.74) is 2.88. The van der Waals surface area contributed by atoms with Crippen molar-refractivity contribution in [2.75, 3.05) is 13.1 Å². The van der Waals surface area contributed by atoms with Crippen LogP contribution in [0.2, 0.25) is 5.02 Å². The molecule has 1 aliphatic rings. The molecule has 0 bridgehead atoms. The summed E-state index contributed by atoms with van der Waals surface area (Å²) in [7, 11) is -0.374. The Morgan fingerprint density at radius 1 is 1.05 bits per heavy atom. The summed E-state index contributed by atoms with van der Waals surface area (Å²) in [6.45, 7) is 0.637. The summed E-state index contributed by atoms with van der Waals surface area (Å²) in [5.74, 6) is 0. The van der Waals surface area contributed by atoms with Crippen LogP contribution in [0.3, 0.4) is 0 Å². The second kappa shape index (κ2) is 9.48. The summed E-state index contributed by atoms with van der Waals surface area (Å²) in [5, 5.41) is 10.2. The smallest absolute Gasteiger partial charge is 0.262 e. The Morgan fingerprint density at radius 3 is 2.56 bits per heavy atom. The standard InChI is InChI=1S/C28H27ClN6O3S/c1-32-18-22(8-9-27(32)36)35-25-15-24(29)23(14-21(25)17-30-35)28(16-20-6-4-3-5-7-20)11-13-34(19-28)39(37,38)26-10-12-33(2)31-26/h3-10,12,14-15,17-18H,11,13,16,19H2,1-2H3. The molecule has 1 aliphatic heterocycles. The van der Waals surface area contributed by atoms with Gasteiger partial charge in [-0.3, -0.25) is 9.48 Å². The van der Waals surface area contributed by atoms with Crippen LogP contribution in [0.1, 0.15) is 17.5 Å². The number of hydrogen-bond donors (Lipinski definition) is 0. The summed E-state index contributed by atoms with van der Waals surface area (Å²) in [6, 6.07) is 18.7. The van der Waals surface area contributed by atoms with Gasteiger partial charge < -0.3 is 4.57 Å². The lowest BCUT2D eigenvalue weighted by atomic mass is 9.74. The highest BCUT2D eigenvalue weighted by Gasteiger charge is 2.46. The first-order valence-electron chi connectivity index (χ1n) is 12.5. The first kappa shape index (κ1) is 25.5. The predicted molar refractivity (Wildman–Crippen MR) is 150 cm³/mol. The highest BCUT2D eigenvalue weighted by molar-refractivity contribution is 7.89.